The summed E-state index contributed by atoms with van der Waals surface area (Å²) in [6.45, 7) is 4.02. The van der Waals surface area contributed by atoms with Crippen LogP contribution in [-0.4, -0.2) is 34.7 Å². The molecule has 0 aliphatic rings. The number of ether oxygens (including phenoxy) is 1. The van der Waals surface area contributed by atoms with Crippen molar-refractivity contribution in [3.8, 4) is 0 Å². The second-order valence-electron chi connectivity index (χ2n) is 3.87. The quantitative estimate of drug-likeness (QED) is 0.715. The van der Waals surface area contributed by atoms with Crippen LogP contribution in [0.2, 0.25) is 0 Å². The van der Waals surface area contributed by atoms with Gasteiger partial charge >= 0.3 is 5.97 Å². The van der Waals surface area contributed by atoms with Crippen molar-refractivity contribution in [2.45, 2.75) is 39.2 Å². The van der Waals surface area contributed by atoms with Gasteiger partial charge in [0.05, 0.1) is 19.1 Å². The monoisotopic (exact) mass is 286 g/mol. The minimum atomic E-state index is -0.553. The summed E-state index contributed by atoms with van der Waals surface area (Å²) in [7, 11) is 0. The highest BCUT2D eigenvalue weighted by Gasteiger charge is 2.15. The van der Waals surface area contributed by atoms with Crippen LogP contribution in [0.5, 0.6) is 0 Å². The molecular weight excluding hydrogens is 268 g/mol. The molecule has 3 N–H and O–H groups in total. The molecule has 0 saturated carbocycles. The second-order valence-corrected chi connectivity index (χ2v) is 4.93. The van der Waals surface area contributed by atoms with Crippen molar-refractivity contribution in [2.24, 2.45) is 5.73 Å². The maximum absolute atomic E-state index is 11.6. The molecule has 0 aliphatic carbocycles. The first kappa shape index (κ1) is 15.5. The molecule has 0 spiro atoms. The lowest BCUT2D eigenvalue weighted by Gasteiger charge is -2.08. The Morgan fingerprint density at radius 1 is 1.42 bits per heavy atom. The predicted molar refractivity (Wildman–Crippen MR) is 71.8 cm³/mol. The maximum atomic E-state index is 11.6. The summed E-state index contributed by atoms with van der Waals surface area (Å²) in [6, 6.07) is -0.553. The molecular formula is C11H18N4O3S. The summed E-state index contributed by atoms with van der Waals surface area (Å²) >= 11 is 1.14. The van der Waals surface area contributed by atoms with Crippen LogP contribution in [0.25, 0.3) is 0 Å². The summed E-state index contributed by atoms with van der Waals surface area (Å²) < 4.78 is 4.80. The van der Waals surface area contributed by atoms with Gasteiger partial charge in [-0.1, -0.05) is 24.7 Å². The number of rotatable bonds is 7. The summed E-state index contributed by atoms with van der Waals surface area (Å²) in [6.07, 6.45) is 1.50. The number of amides is 1. The van der Waals surface area contributed by atoms with Crippen LogP contribution in [0.1, 0.15) is 31.7 Å². The van der Waals surface area contributed by atoms with E-state index in [1.807, 2.05) is 6.92 Å². The zero-order chi connectivity index (χ0) is 14.3. The van der Waals surface area contributed by atoms with Gasteiger partial charge in [-0.15, -0.1) is 10.2 Å². The Balaban J connectivity index is 2.50. The smallest absolute Gasteiger partial charge is 0.312 e. The molecule has 1 unspecified atom stereocenters. The molecule has 0 radical (unpaired) electrons. The number of nitrogens with two attached hydrogens (primary N) is 1. The van der Waals surface area contributed by atoms with E-state index in [4.69, 9.17) is 10.5 Å². The normalized spacial score (nSPS) is 11.9. The van der Waals surface area contributed by atoms with Crippen LogP contribution in [0.4, 0.5) is 5.13 Å². The van der Waals surface area contributed by atoms with Gasteiger partial charge in [-0.25, -0.2) is 0 Å². The molecule has 1 aromatic heterocycles. The molecule has 1 heterocycles. The number of hydrogen-bond acceptors (Lipinski definition) is 7. The number of nitrogens with zero attached hydrogens (tertiary/aromatic N) is 2. The van der Waals surface area contributed by atoms with E-state index >= 15 is 0 Å². The topological polar surface area (TPSA) is 107 Å². The van der Waals surface area contributed by atoms with E-state index in [0.29, 0.717) is 23.2 Å². The highest BCUT2D eigenvalue weighted by molar-refractivity contribution is 7.15. The van der Waals surface area contributed by atoms with E-state index in [0.717, 1.165) is 17.8 Å². The first-order chi connectivity index (χ1) is 9.06. The van der Waals surface area contributed by atoms with E-state index in [1.54, 1.807) is 6.92 Å². The number of carbonyl (C=O) groups excluding carboxylic acids is 2. The van der Waals surface area contributed by atoms with Crippen molar-refractivity contribution in [3.05, 3.63) is 5.01 Å². The zero-order valence-corrected chi connectivity index (χ0v) is 11.8. The van der Waals surface area contributed by atoms with Crippen LogP contribution < -0.4 is 11.1 Å². The fraction of sp³-hybridized carbons (Fsp3) is 0.636. The predicted octanol–water partition coefficient (Wildman–Crippen LogP) is 0.710. The van der Waals surface area contributed by atoms with E-state index in [2.05, 4.69) is 15.5 Å². The summed E-state index contributed by atoms with van der Waals surface area (Å²) in [5, 5.41) is 11.0. The molecule has 0 aliphatic heterocycles. The van der Waals surface area contributed by atoms with Gasteiger partial charge in [0.2, 0.25) is 11.0 Å². The minimum absolute atomic E-state index is 0.0579. The number of hydrogen-bond donors (Lipinski definition) is 2. The lowest BCUT2D eigenvalue weighted by atomic mass is 10.2. The van der Waals surface area contributed by atoms with Crippen LogP contribution in [0.3, 0.4) is 0 Å². The average molecular weight is 286 g/mol. The number of aromatic nitrogens is 2. The van der Waals surface area contributed by atoms with Gasteiger partial charge in [0, 0.05) is 0 Å². The van der Waals surface area contributed by atoms with Gasteiger partial charge in [0.15, 0.2) is 0 Å². The molecule has 0 aromatic carbocycles. The molecule has 0 fully saturated rings. The van der Waals surface area contributed by atoms with Gasteiger partial charge in [0.1, 0.15) is 5.01 Å². The highest BCUT2D eigenvalue weighted by Crippen LogP contribution is 2.16. The van der Waals surface area contributed by atoms with Crippen LogP contribution in [0.15, 0.2) is 0 Å². The molecule has 106 valence electrons. The van der Waals surface area contributed by atoms with Crippen LogP contribution in [0, 0.1) is 0 Å². The lowest BCUT2D eigenvalue weighted by Crippen LogP contribution is -2.35. The third-order valence-corrected chi connectivity index (χ3v) is 3.07. The molecule has 0 bridgehead atoms. The van der Waals surface area contributed by atoms with Crippen molar-refractivity contribution in [3.63, 3.8) is 0 Å². The third kappa shape index (κ3) is 5.31. The fourth-order valence-electron chi connectivity index (χ4n) is 1.35. The van der Waals surface area contributed by atoms with E-state index < -0.39 is 6.04 Å². The average Bonchev–Trinajstić information content (AvgIpc) is 2.77. The van der Waals surface area contributed by atoms with Crippen molar-refractivity contribution in [2.75, 3.05) is 11.9 Å². The number of anilines is 1. The van der Waals surface area contributed by atoms with E-state index in [-0.39, 0.29) is 18.3 Å². The molecule has 1 atom stereocenters. The summed E-state index contributed by atoms with van der Waals surface area (Å²) in [5.41, 5.74) is 5.67. The molecule has 19 heavy (non-hydrogen) atoms. The second kappa shape index (κ2) is 7.80. The van der Waals surface area contributed by atoms with Crippen molar-refractivity contribution >= 4 is 28.3 Å². The Hall–Kier alpha value is -1.54. The minimum Gasteiger partial charge on any atom is -0.466 e. The van der Waals surface area contributed by atoms with Crippen LogP contribution in [-0.2, 0) is 20.7 Å². The van der Waals surface area contributed by atoms with E-state index in [1.165, 1.54) is 0 Å². The van der Waals surface area contributed by atoms with Crippen molar-refractivity contribution < 1.29 is 14.3 Å². The molecule has 1 rings (SSSR count). The number of esters is 1. The Labute approximate surface area is 115 Å². The number of carbonyl (C=O) groups is 2. The fourth-order valence-corrected chi connectivity index (χ4v) is 2.08. The standard InChI is InChI=1S/C11H18N4O3S/c1-3-5-7(12)10(17)13-11-15-14-8(19-11)6-9(16)18-4-2/h7H,3-6,12H2,1-2H3,(H,13,15,17). The molecule has 8 heteroatoms. The Bertz CT molecular complexity index is 435. The molecule has 7 nitrogen and oxygen atoms in total. The number of nitrogens with one attached hydrogen (secondary N) is 1. The Morgan fingerprint density at radius 2 is 2.16 bits per heavy atom. The summed E-state index contributed by atoms with van der Waals surface area (Å²) in [5.74, 6) is -0.653. The largest absolute Gasteiger partial charge is 0.466 e. The van der Waals surface area contributed by atoms with Gasteiger partial charge in [-0.2, -0.15) is 0 Å². The van der Waals surface area contributed by atoms with Crippen molar-refractivity contribution in [1.82, 2.24) is 10.2 Å². The van der Waals surface area contributed by atoms with Gasteiger partial charge in [0.25, 0.3) is 0 Å². The maximum Gasteiger partial charge on any atom is 0.312 e. The van der Waals surface area contributed by atoms with Gasteiger partial charge < -0.3 is 10.5 Å². The SMILES string of the molecule is CCCC(N)C(=O)Nc1nnc(CC(=O)OCC)s1. The molecule has 1 amide bonds. The first-order valence-corrected chi connectivity index (χ1v) is 6.92. The zero-order valence-electron chi connectivity index (χ0n) is 11.0. The Morgan fingerprint density at radius 3 is 2.79 bits per heavy atom. The molecule has 0 saturated heterocycles. The Kier molecular flexibility index (Phi) is 6.37. The third-order valence-electron chi connectivity index (χ3n) is 2.23. The van der Waals surface area contributed by atoms with Crippen molar-refractivity contribution in [1.29, 1.82) is 0 Å². The highest BCUT2D eigenvalue weighted by atomic mass is 32.1. The van der Waals surface area contributed by atoms with Gasteiger partial charge in [-0.3, -0.25) is 14.9 Å². The summed E-state index contributed by atoms with van der Waals surface area (Å²) in [4.78, 5) is 22.9. The molecule has 1 aromatic rings. The van der Waals surface area contributed by atoms with E-state index in [9.17, 15) is 9.59 Å². The lowest BCUT2D eigenvalue weighted by molar-refractivity contribution is -0.142. The van der Waals surface area contributed by atoms with Crippen LogP contribution >= 0.6 is 11.3 Å². The van der Waals surface area contributed by atoms with Gasteiger partial charge in [-0.05, 0) is 13.3 Å². The first-order valence-electron chi connectivity index (χ1n) is 6.11.